The second-order valence-corrected chi connectivity index (χ2v) is 21.6. The molecule has 3 fully saturated rings. The van der Waals surface area contributed by atoms with Crippen molar-refractivity contribution >= 4 is 40.5 Å². The molecule has 380 valence electrons. The number of pyridine rings is 1. The number of cyclic esters (lactones) is 1. The van der Waals surface area contributed by atoms with E-state index in [4.69, 9.17) is 14.5 Å². The normalized spacial score (nSPS) is 22.7. The number of fused-ring (bicyclic) bond motifs is 6. The van der Waals surface area contributed by atoms with E-state index >= 15 is 0 Å². The second kappa shape index (κ2) is 20.5. The highest BCUT2D eigenvalue weighted by atomic mass is 16.6. The third kappa shape index (κ3) is 10.2. The summed E-state index contributed by atoms with van der Waals surface area (Å²) in [6.07, 6.45) is 2.90. The van der Waals surface area contributed by atoms with E-state index in [2.05, 4.69) is 68.1 Å². The lowest BCUT2D eigenvalue weighted by molar-refractivity contribution is -0.155. The monoisotopic (exact) mass is 980 g/mol. The van der Waals surface area contributed by atoms with Crippen LogP contribution in [-0.2, 0) is 52.8 Å². The summed E-state index contributed by atoms with van der Waals surface area (Å²) in [5, 5.41) is 16.9. The van der Waals surface area contributed by atoms with Crippen molar-refractivity contribution in [1.82, 2.24) is 35.1 Å². The molecule has 5 aromatic rings. The zero-order valence-electron chi connectivity index (χ0n) is 42.8. The zero-order valence-corrected chi connectivity index (χ0v) is 42.8. The van der Waals surface area contributed by atoms with Gasteiger partial charge in [-0.15, -0.1) is 0 Å². The standard InChI is InChI=1S/C57H69N7O8/c1-9-63-46-20-19-37-29-42(46)43(49(63)41-17-13-22-58-47(41)33(2)3)30-57(6,7)32-71-56(70)44-18-14-23-64(60-44)54(68)45(27-35-25-39(37)28-40(65)26-35)59-52(66)48(34(4)5)61(8)53(67)38-21-24-62(31-38)55(69)51-50(72-51)36-15-11-10-12-16-36/h10-13,15-17,19-20,22,25-26,28-29,33-34,38,44-45,48,50-51,60,65H,9,14,18,21,23-24,27,30-32H2,1-8H3,(H,59,66)/t38-,44-,45-,48-,50?,51?/m0/s1. The van der Waals surface area contributed by atoms with Crippen LogP contribution in [0.3, 0.4) is 0 Å². The average molecular weight is 980 g/mol. The predicted octanol–water partition coefficient (Wildman–Crippen LogP) is 7.34. The molecule has 0 aliphatic carbocycles. The van der Waals surface area contributed by atoms with Gasteiger partial charge in [-0.1, -0.05) is 84.0 Å². The summed E-state index contributed by atoms with van der Waals surface area (Å²) < 4.78 is 14.2. The Morgan fingerprint density at radius 3 is 2.47 bits per heavy atom. The van der Waals surface area contributed by atoms with E-state index in [1.165, 1.54) is 9.91 Å². The van der Waals surface area contributed by atoms with Gasteiger partial charge in [-0.3, -0.25) is 34.0 Å². The zero-order chi connectivity index (χ0) is 51.2. The van der Waals surface area contributed by atoms with E-state index in [0.717, 1.165) is 50.1 Å². The Morgan fingerprint density at radius 2 is 1.74 bits per heavy atom. The summed E-state index contributed by atoms with van der Waals surface area (Å²) in [6, 6.07) is 22.3. The van der Waals surface area contributed by atoms with Gasteiger partial charge >= 0.3 is 5.97 Å². The van der Waals surface area contributed by atoms with Crippen LogP contribution in [0.4, 0.5) is 0 Å². The number of hydrogen-bond acceptors (Lipinski definition) is 10. The summed E-state index contributed by atoms with van der Waals surface area (Å²) in [5.41, 5.74) is 11.0. The molecule has 0 spiro atoms. The van der Waals surface area contributed by atoms with Gasteiger partial charge in [0.1, 0.15) is 30.0 Å². The maximum Gasteiger partial charge on any atom is 0.324 e. The molecule has 3 N–H and O–H groups in total. The van der Waals surface area contributed by atoms with Crippen molar-refractivity contribution in [3.05, 3.63) is 107 Å². The Hall–Kier alpha value is -6.58. The number of carbonyl (C=O) groups is 5. The van der Waals surface area contributed by atoms with Crippen molar-refractivity contribution < 1.29 is 38.6 Å². The molecule has 15 nitrogen and oxygen atoms in total. The number of aryl methyl sites for hydroxylation is 1. The minimum atomic E-state index is -1.17. The van der Waals surface area contributed by atoms with Gasteiger partial charge in [0.2, 0.25) is 11.8 Å². The number of benzene rings is 3. The number of likely N-dealkylation sites (N-methyl/N-ethyl adjacent to an activating group) is 1. The van der Waals surface area contributed by atoms with Crippen LogP contribution in [0.2, 0.25) is 0 Å². The van der Waals surface area contributed by atoms with E-state index < -0.39 is 53.3 Å². The van der Waals surface area contributed by atoms with Crippen LogP contribution in [-0.4, -0.2) is 117 Å². The number of phenols is 1. The highest BCUT2D eigenvalue weighted by molar-refractivity contribution is 5.96. The molecule has 0 saturated carbocycles. The van der Waals surface area contributed by atoms with Crippen molar-refractivity contribution in [2.75, 3.05) is 33.3 Å². The SMILES string of the molecule is CCn1c(-c2cccnc2C(C)C)c2c3cc(ccc31)-c1cc(O)cc(c1)C[C@H](NC(=O)[C@H](C(C)C)N(C)C(=O)[C@H]1CCN(C(=O)C3OC3c3ccccc3)C1)C(=O)N1CCC[C@H](N1)C(=O)OCC(C)(C)C2. The summed E-state index contributed by atoms with van der Waals surface area (Å²) in [6.45, 7) is 16.0. The summed E-state index contributed by atoms with van der Waals surface area (Å²) >= 11 is 0. The van der Waals surface area contributed by atoms with E-state index in [9.17, 15) is 29.1 Å². The van der Waals surface area contributed by atoms with E-state index in [-0.39, 0.29) is 61.6 Å². The number of amides is 4. The van der Waals surface area contributed by atoms with Crippen LogP contribution < -0.4 is 10.7 Å². The molecule has 2 unspecified atom stereocenters. The summed E-state index contributed by atoms with van der Waals surface area (Å²) in [5.74, 6) is -2.62. The Balaban J connectivity index is 1.03. The number of nitrogens with one attached hydrogen (secondary N) is 2. The highest BCUT2D eigenvalue weighted by Crippen LogP contribution is 2.43. The molecule has 6 atom stereocenters. The fourth-order valence-corrected chi connectivity index (χ4v) is 11.2. The molecule has 3 aromatic carbocycles. The number of carbonyl (C=O) groups excluding carboxylic acids is 5. The van der Waals surface area contributed by atoms with Gasteiger partial charge in [-0.2, -0.15) is 0 Å². The molecule has 6 bridgehead atoms. The second-order valence-electron chi connectivity index (χ2n) is 21.6. The lowest BCUT2D eigenvalue weighted by atomic mass is 9.83. The Morgan fingerprint density at radius 1 is 0.958 bits per heavy atom. The van der Waals surface area contributed by atoms with Crippen LogP contribution >= 0.6 is 0 Å². The lowest BCUT2D eigenvalue weighted by Crippen LogP contribution is -2.62. The van der Waals surface area contributed by atoms with Crippen LogP contribution in [0.15, 0.2) is 85.1 Å². The van der Waals surface area contributed by atoms with Gasteiger partial charge < -0.3 is 34.3 Å². The first-order valence-corrected chi connectivity index (χ1v) is 25.7. The van der Waals surface area contributed by atoms with E-state index in [1.807, 2.05) is 68.6 Å². The highest BCUT2D eigenvalue weighted by Gasteiger charge is 2.50. The topological polar surface area (TPSA) is 179 Å². The lowest BCUT2D eigenvalue weighted by Gasteiger charge is -2.37. The Bertz CT molecular complexity index is 2880. The fraction of sp³-hybridized carbons (Fsp3) is 0.474. The molecular weight excluding hydrogens is 911 g/mol. The molecule has 6 heterocycles. The van der Waals surface area contributed by atoms with Gasteiger partial charge in [-0.05, 0) is 109 Å². The van der Waals surface area contributed by atoms with E-state index in [1.54, 1.807) is 24.1 Å². The van der Waals surface area contributed by atoms with Gasteiger partial charge in [0, 0.05) is 67.7 Å². The van der Waals surface area contributed by atoms with Gasteiger partial charge in [0.05, 0.1) is 23.9 Å². The summed E-state index contributed by atoms with van der Waals surface area (Å²) in [4.78, 5) is 79.3. The number of hydrazine groups is 1. The predicted molar refractivity (Wildman–Crippen MR) is 274 cm³/mol. The molecule has 0 radical (unpaired) electrons. The number of esters is 1. The largest absolute Gasteiger partial charge is 0.508 e. The third-order valence-corrected chi connectivity index (χ3v) is 14.9. The number of epoxide rings is 1. The van der Waals surface area contributed by atoms with Crippen LogP contribution in [0.5, 0.6) is 5.75 Å². The number of aromatic nitrogens is 2. The molecule has 4 amide bonds. The fourth-order valence-electron chi connectivity index (χ4n) is 11.2. The summed E-state index contributed by atoms with van der Waals surface area (Å²) in [7, 11) is 1.60. The third-order valence-electron chi connectivity index (χ3n) is 14.9. The van der Waals surface area contributed by atoms with Gasteiger partial charge in [-0.25, -0.2) is 5.43 Å². The number of rotatable bonds is 10. The molecular formula is C57H69N7O8. The maximum atomic E-state index is 14.8. The van der Waals surface area contributed by atoms with Crippen molar-refractivity contribution in [3.63, 3.8) is 0 Å². The first-order chi connectivity index (χ1) is 34.4. The maximum absolute atomic E-state index is 14.8. The Kier molecular flexibility index (Phi) is 14.3. The minimum Gasteiger partial charge on any atom is -0.508 e. The van der Waals surface area contributed by atoms with Crippen molar-refractivity contribution in [3.8, 4) is 28.1 Å². The van der Waals surface area contributed by atoms with Gasteiger partial charge in [0.15, 0.2) is 6.10 Å². The average Bonchev–Trinajstić information content (AvgIpc) is 3.91. The molecule has 72 heavy (non-hydrogen) atoms. The minimum absolute atomic E-state index is 0.00291. The molecule has 3 saturated heterocycles. The van der Waals surface area contributed by atoms with Crippen molar-refractivity contribution in [2.24, 2.45) is 17.3 Å². The molecule has 15 heteroatoms. The van der Waals surface area contributed by atoms with Crippen LogP contribution in [0.25, 0.3) is 33.3 Å². The first kappa shape index (κ1) is 50.4. The number of aromatic hydroxyl groups is 1. The van der Waals surface area contributed by atoms with Crippen LogP contribution in [0, 0.1) is 17.3 Å². The first-order valence-electron chi connectivity index (χ1n) is 25.7. The van der Waals surface area contributed by atoms with Crippen molar-refractivity contribution in [2.45, 2.75) is 123 Å². The van der Waals surface area contributed by atoms with Crippen molar-refractivity contribution in [1.29, 1.82) is 0 Å². The Labute approximate surface area is 422 Å². The quantitative estimate of drug-likeness (QED) is 0.0948. The number of phenolic OH excluding ortho intramolecular Hbond substituents is 1. The molecule has 9 rings (SSSR count). The smallest absolute Gasteiger partial charge is 0.324 e. The number of nitrogens with zero attached hydrogens (tertiary/aromatic N) is 5. The van der Waals surface area contributed by atoms with Crippen LogP contribution in [0.1, 0.15) is 102 Å². The molecule has 4 aliphatic rings. The number of likely N-dealkylation sites (tertiary alicyclic amines) is 1. The number of hydrogen-bond donors (Lipinski definition) is 3. The van der Waals surface area contributed by atoms with E-state index in [0.29, 0.717) is 44.3 Å². The molecule has 4 aliphatic heterocycles. The van der Waals surface area contributed by atoms with Gasteiger partial charge in [0.25, 0.3) is 11.8 Å². The molecule has 2 aromatic heterocycles. The number of ether oxygens (including phenoxy) is 2.